The summed E-state index contributed by atoms with van der Waals surface area (Å²) in [7, 11) is 1.69. The number of rotatable bonds is 2. The van der Waals surface area contributed by atoms with Crippen molar-refractivity contribution < 1.29 is 9.72 Å². The van der Waals surface area contributed by atoms with E-state index in [0.29, 0.717) is 23.4 Å². The van der Waals surface area contributed by atoms with E-state index in [0.717, 1.165) is 0 Å². The van der Waals surface area contributed by atoms with Gasteiger partial charge in [0.15, 0.2) is 0 Å². The smallest absolute Gasteiger partial charge is 0.269 e. The van der Waals surface area contributed by atoms with Gasteiger partial charge in [0, 0.05) is 36.2 Å². The Kier molecular flexibility index (Phi) is 3.02. The molecule has 0 spiro atoms. The van der Waals surface area contributed by atoms with Gasteiger partial charge in [0.1, 0.15) is 0 Å². The highest BCUT2D eigenvalue weighted by Gasteiger charge is 2.31. The fourth-order valence-corrected chi connectivity index (χ4v) is 2.31. The molecular formula is C11H11ClN2O3. The Hall–Kier alpha value is -1.62. The van der Waals surface area contributed by atoms with E-state index in [-0.39, 0.29) is 17.6 Å². The van der Waals surface area contributed by atoms with E-state index in [1.165, 1.54) is 18.2 Å². The van der Waals surface area contributed by atoms with Crippen LogP contribution in [0.3, 0.4) is 0 Å². The molecule has 0 aromatic heterocycles. The van der Waals surface area contributed by atoms with Gasteiger partial charge >= 0.3 is 0 Å². The SMILES string of the molecule is CN1C(=O)CC[C@@H]1c1cc([N+](=O)[O-])ccc1Cl. The summed E-state index contributed by atoms with van der Waals surface area (Å²) in [5.74, 6) is 0.0394. The molecular weight excluding hydrogens is 244 g/mol. The lowest BCUT2D eigenvalue weighted by Gasteiger charge is -2.20. The number of halogens is 1. The Bertz CT molecular complexity index is 490. The van der Waals surface area contributed by atoms with Gasteiger partial charge < -0.3 is 4.90 Å². The van der Waals surface area contributed by atoms with Crippen LogP contribution in [0.5, 0.6) is 0 Å². The molecule has 0 aliphatic carbocycles. The second-order valence-corrected chi connectivity index (χ2v) is 4.43. The Labute approximate surface area is 103 Å². The van der Waals surface area contributed by atoms with Crippen LogP contribution < -0.4 is 0 Å². The average Bonchev–Trinajstić information content (AvgIpc) is 2.60. The zero-order valence-corrected chi connectivity index (χ0v) is 9.98. The molecule has 1 heterocycles. The third kappa shape index (κ3) is 2.10. The van der Waals surface area contributed by atoms with Gasteiger partial charge in [0.2, 0.25) is 5.91 Å². The molecule has 1 atom stereocenters. The molecule has 1 amide bonds. The molecule has 1 aliphatic heterocycles. The number of non-ortho nitro benzene ring substituents is 1. The quantitative estimate of drug-likeness (QED) is 0.602. The van der Waals surface area contributed by atoms with Gasteiger partial charge in [0.05, 0.1) is 11.0 Å². The molecule has 90 valence electrons. The lowest BCUT2D eigenvalue weighted by atomic mass is 10.0. The number of amides is 1. The molecule has 1 fully saturated rings. The molecule has 0 radical (unpaired) electrons. The second-order valence-electron chi connectivity index (χ2n) is 4.02. The van der Waals surface area contributed by atoms with E-state index in [9.17, 15) is 14.9 Å². The first kappa shape index (κ1) is 11.9. The molecule has 0 N–H and O–H groups in total. The third-order valence-electron chi connectivity index (χ3n) is 3.04. The zero-order chi connectivity index (χ0) is 12.6. The van der Waals surface area contributed by atoms with Gasteiger partial charge in [0.25, 0.3) is 5.69 Å². The van der Waals surface area contributed by atoms with Crippen LogP contribution in [0.25, 0.3) is 0 Å². The molecule has 1 aromatic rings. The van der Waals surface area contributed by atoms with E-state index in [1.54, 1.807) is 11.9 Å². The number of likely N-dealkylation sites (tertiary alicyclic amines) is 1. The van der Waals surface area contributed by atoms with Crippen molar-refractivity contribution in [2.75, 3.05) is 7.05 Å². The Morgan fingerprint density at radius 2 is 2.24 bits per heavy atom. The van der Waals surface area contributed by atoms with Crippen molar-refractivity contribution in [1.82, 2.24) is 4.90 Å². The monoisotopic (exact) mass is 254 g/mol. The van der Waals surface area contributed by atoms with Crippen molar-refractivity contribution in [2.45, 2.75) is 18.9 Å². The first-order valence-electron chi connectivity index (χ1n) is 5.20. The summed E-state index contributed by atoms with van der Waals surface area (Å²) in [6, 6.07) is 4.16. The minimum Gasteiger partial charge on any atom is -0.339 e. The highest BCUT2D eigenvalue weighted by molar-refractivity contribution is 6.31. The van der Waals surface area contributed by atoms with E-state index >= 15 is 0 Å². The van der Waals surface area contributed by atoms with Gasteiger partial charge in [-0.2, -0.15) is 0 Å². The largest absolute Gasteiger partial charge is 0.339 e. The Morgan fingerprint density at radius 1 is 1.53 bits per heavy atom. The molecule has 0 bridgehead atoms. The molecule has 1 saturated heterocycles. The number of hydrogen-bond acceptors (Lipinski definition) is 3. The van der Waals surface area contributed by atoms with Crippen molar-refractivity contribution in [3.8, 4) is 0 Å². The fourth-order valence-electron chi connectivity index (χ4n) is 2.07. The minimum atomic E-state index is -0.462. The van der Waals surface area contributed by atoms with Crippen molar-refractivity contribution >= 4 is 23.2 Å². The maximum atomic E-state index is 11.4. The maximum Gasteiger partial charge on any atom is 0.269 e. The van der Waals surface area contributed by atoms with E-state index in [2.05, 4.69) is 0 Å². The van der Waals surface area contributed by atoms with Gasteiger partial charge in [-0.1, -0.05) is 11.6 Å². The number of hydrogen-bond donors (Lipinski definition) is 0. The molecule has 6 heteroatoms. The lowest BCUT2D eigenvalue weighted by Crippen LogP contribution is -2.22. The molecule has 5 nitrogen and oxygen atoms in total. The van der Waals surface area contributed by atoms with Crippen molar-refractivity contribution in [1.29, 1.82) is 0 Å². The van der Waals surface area contributed by atoms with Crippen molar-refractivity contribution in [2.24, 2.45) is 0 Å². The van der Waals surface area contributed by atoms with Gasteiger partial charge in [-0.3, -0.25) is 14.9 Å². The normalized spacial score (nSPS) is 19.8. The first-order chi connectivity index (χ1) is 8.00. The van der Waals surface area contributed by atoms with E-state index in [4.69, 9.17) is 11.6 Å². The predicted molar refractivity (Wildman–Crippen MR) is 62.9 cm³/mol. The zero-order valence-electron chi connectivity index (χ0n) is 9.22. The van der Waals surface area contributed by atoms with Crippen molar-refractivity contribution in [3.63, 3.8) is 0 Å². The molecule has 17 heavy (non-hydrogen) atoms. The number of nitro groups is 1. The number of carbonyl (C=O) groups excluding carboxylic acids is 1. The van der Waals surface area contributed by atoms with Gasteiger partial charge in [-0.15, -0.1) is 0 Å². The van der Waals surface area contributed by atoms with Crippen LogP contribution in [0.4, 0.5) is 5.69 Å². The summed E-state index contributed by atoms with van der Waals surface area (Å²) in [6.45, 7) is 0. The number of nitro benzene ring substituents is 1. The Balaban J connectivity index is 2.41. The number of nitrogens with zero attached hydrogens (tertiary/aromatic N) is 2. The van der Waals surface area contributed by atoms with Crippen LogP contribution in [-0.2, 0) is 4.79 Å². The first-order valence-corrected chi connectivity index (χ1v) is 5.58. The number of benzene rings is 1. The van der Waals surface area contributed by atoms with Crippen LogP contribution in [-0.4, -0.2) is 22.8 Å². The van der Waals surface area contributed by atoms with Crippen LogP contribution in [0.1, 0.15) is 24.4 Å². The van der Waals surface area contributed by atoms with Crippen LogP contribution in [0, 0.1) is 10.1 Å². The topological polar surface area (TPSA) is 63.5 Å². The highest BCUT2D eigenvalue weighted by Crippen LogP contribution is 2.36. The number of carbonyl (C=O) groups is 1. The predicted octanol–water partition coefficient (Wildman–Crippen LogP) is 2.54. The van der Waals surface area contributed by atoms with Crippen LogP contribution >= 0.6 is 11.6 Å². The third-order valence-corrected chi connectivity index (χ3v) is 3.39. The summed E-state index contributed by atoms with van der Waals surface area (Å²) in [4.78, 5) is 23.3. The van der Waals surface area contributed by atoms with Crippen LogP contribution in [0.15, 0.2) is 18.2 Å². The molecule has 0 unspecified atom stereocenters. The molecule has 1 aromatic carbocycles. The van der Waals surface area contributed by atoms with Gasteiger partial charge in [-0.05, 0) is 12.5 Å². The average molecular weight is 255 g/mol. The fraction of sp³-hybridized carbons (Fsp3) is 0.364. The summed E-state index contributed by atoms with van der Waals surface area (Å²) in [5, 5.41) is 11.2. The second kappa shape index (κ2) is 4.33. The summed E-state index contributed by atoms with van der Waals surface area (Å²) in [6.07, 6.45) is 1.11. The molecule has 2 rings (SSSR count). The summed E-state index contributed by atoms with van der Waals surface area (Å²) < 4.78 is 0. The lowest BCUT2D eigenvalue weighted by molar-refractivity contribution is -0.384. The molecule has 0 saturated carbocycles. The standard InChI is InChI=1S/C11H11ClN2O3/c1-13-10(4-5-11(13)15)8-6-7(14(16)17)2-3-9(8)12/h2-3,6,10H,4-5H2,1H3/t10-/m1/s1. The Morgan fingerprint density at radius 3 is 2.76 bits per heavy atom. The van der Waals surface area contributed by atoms with E-state index < -0.39 is 4.92 Å². The van der Waals surface area contributed by atoms with E-state index in [1.807, 2.05) is 0 Å². The maximum absolute atomic E-state index is 11.4. The summed E-state index contributed by atoms with van der Waals surface area (Å²) in [5.41, 5.74) is 0.645. The molecule has 1 aliphatic rings. The van der Waals surface area contributed by atoms with Gasteiger partial charge in [-0.25, -0.2) is 0 Å². The van der Waals surface area contributed by atoms with Crippen molar-refractivity contribution in [3.05, 3.63) is 38.9 Å². The highest BCUT2D eigenvalue weighted by atomic mass is 35.5. The van der Waals surface area contributed by atoms with Crippen LogP contribution in [0.2, 0.25) is 5.02 Å². The minimum absolute atomic E-state index is 0.00264. The summed E-state index contributed by atoms with van der Waals surface area (Å²) >= 11 is 6.03.